The number of carbonyl (C=O) groups excluding carboxylic acids is 2. The fraction of sp³-hybridized carbons (Fsp3) is 0.0909. The number of nitro benzene ring substituents is 1. The number of carbonyl (C=O) groups is 2. The van der Waals surface area contributed by atoms with E-state index in [1.807, 2.05) is 31.2 Å². The summed E-state index contributed by atoms with van der Waals surface area (Å²) in [5.74, 6) is -0.639. The second-order valence-electron chi connectivity index (χ2n) is 6.40. The van der Waals surface area contributed by atoms with Gasteiger partial charge in [0.1, 0.15) is 0 Å². The Morgan fingerprint density at radius 3 is 2.46 bits per heavy atom. The molecule has 3 aromatic rings. The number of para-hydroxylation sites is 1. The van der Waals surface area contributed by atoms with Crippen LogP contribution in [0.25, 0.3) is 0 Å². The van der Waals surface area contributed by atoms with Crippen molar-refractivity contribution in [2.75, 3.05) is 5.32 Å². The maximum Gasteiger partial charge on any atom is 0.270 e. The Bertz CT molecular complexity index is 1060. The normalized spacial score (nSPS) is 10.3. The van der Waals surface area contributed by atoms with Gasteiger partial charge in [-0.05, 0) is 30.7 Å². The molecule has 0 atom stereocenters. The molecule has 3 aromatic carbocycles. The van der Waals surface area contributed by atoms with E-state index < -0.39 is 10.8 Å². The highest BCUT2D eigenvalue weighted by Gasteiger charge is 2.16. The van der Waals surface area contributed by atoms with Crippen molar-refractivity contribution in [2.45, 2.75) is 13.3 Å². The molecule has 140 valence electrons. The van der Waals surface area contributed by atoms with Crippen LogP contribution in [0.2, 0.25) is 0 Å². The van der Waals surface area contributed by atoms with Crippen LogP contribution in [-0.4, -0.2) is 16.6 Å². The van der Waals surface area contributed by atoms with Gasteiger partial charge < -0.3 is 5.32 Å². The third-order valence-corrected chi connectivity index (χ3v) is 4.24. The lowest BCUT2D eigenvalue weighted by Crippen LogP contribution is -2.15. The standard InChI is InChI=1S/C22H18N2O4/c1-15-6-4-7-16(12-15)13-21(25)19-10-2-3-11-20(19)23-22(26)17-8-5-9-18(14-17)24(27)28/h2-12,14H,13H2,1H3,(H,23,26). The summed E-state index contributed by atoms with van der Waals surface area (Å²) in [7, 11) is 0. The van der Waals surface area contributed by atoms with Gasteiger partial charge in [-0.2, -0.15) is 0 Å². The number of non-ortho nitro benzene ring substituents is 1. The third kappa shape index (κ3) is 4.48. The number of nitro groups is 1. The zero-order valence-electron chi connectivity index (χ0n) is 15.2. The van der Waals surface area contributed by atoms with Crippen molar-refractivity contribution < 1.29 is 14.5 Å². The van der Waals surface area contributed by atoms with Crippen LogP contribution in [-0.2, 0) is 6.42 Å². The molecule has 0 aliphatic rings. The molecule has 1 N–H and O–H groups in total. The molecule has 6 heteroatoms. The average Bonchev–Trinajstić information content (AvgIpc) is 2.68. The number of hydrogen-bond acceptors (Lipinski definition) is 4. The van der Waals surface area contributed by atoms with E-state index >= 15 is 0 Å². The van der Waals surface area contributed by atoms with Crippen LogP contribution in [0.4, 0.5) is 11.4 Å². The number of benzene rings is 3. The quantitative estimate of drug-likeness (QED) is 0.388. The van der Waals surface area contributed by atoms with Gasteiger partial charge in [0.05, 0.1) is 10.6 Å². The first-order valence-electron chi connectivity index (χ1n) is 8.67. The van der Waals surface area contributed by atoms with Gasteiger partial charge >= 0.3 is 0 Å². The van der Waals surface area contributed by atoms with Crippen LogP contribution < -0.4 is 5.32 Å². The number of hydrogen-bond donors (Lipinski definition) is 1. The van der Waals surface area contributed by atoms with Crippen molar-refractivity contribution in [1.82, 2.24) is 0 Å². The number of amides is 1. The van der Waals surface area contributed by atoms with E-state index in [9.17, 15) is 19.7 Å². The molecule has 0 bridgehead atoms. The zero-order valence-corrected chi connectivity index (χ0v) is 15.2. The number of aryl methyl sites for hydroxylation is 1. The Hall–Kier alpha value is -3.80. The van der Waals surface area contributed by atoms with E-state index in [1.54, 1.807) is 24.3 Å². The molecule has 0 radical (unpaired) electrons. The third-order valence-electron chi connectivity index (χ3n) is 4.24. The Morgan fingerprint density at radius 2 is 1.71 bits per heavy atom. The van der Waals surface area contributed by atoms with E-state index in [4.69, 9.17) is 0 Å². The van der Waals surface area contributed by atoms with Crippen molar-refractivity contribution in [1.29, 1.82) is 0 Å². The second kappa shape index (κ2) is 8.26. The van der Waals surface area contributed by atoms with Crippen LogP contribution in [0.1, 0.15) is 31.8 Å². The van der Waals surface area contributed by atoms with Gasteiger partial charge in [-0.3, -0.25) is 19.7 Å². The van der Waals surface area contributed by atoms with E-state index in [0.717, 1.165) is 11.1 Å². The predicted octanol–water partition coefficient (Wildman–Crippen LogP) is 4.58. The summed E-state index contributed by atoms with van der Waals surface area (Å²) in [6.07, 6.45) is 0.214. The molecule has 0 saturated heterocycles. The van der Waals surface area contributed by atoms with Crippen LogP contribution in [0.5, 0.6) is 0 Å². The SMILES string of the molecule is Cc1cccc(CC(=O)c2ccccc2NC(=O)c2cccc([N+](=O)[O-])c2)c1. The molecule has 1 amide bonds. The van der Waals surface area contributed by atoms with Gasteiger partial charge in [-0.15, -0.1) is 0 Å². The van der Waals surface area contributed by atoms with Crippen LogP contribution in [0, 0.1) is 17.0 Å². The number of Topliss-reactive ketones (excluding diaryl/α,β-unsaturated/α-hetero) is 1. The largest absolute Gasteiger partial charge is 0.321 e. The van der Waals surface area contributed by atoms with Crippen molar-refractivity contribution in [2.24, 2.45) is 0 Å². The van der Waals surface area contributed by atoms with Crippen LogP contribution >= 0.6 is 0 Å². The summed E-state index contributed by atoms with van der Waals surface area (Å²) in [5, 5.41) is 13.6. The van der Waals surface area contributed by atoms with Gasteiger partial charge in [0.2, 0.25) is 0 Å². The first kappa shape index (κ1) is 19.0. The van der Waals surface area contributed by atoms with E-state index in [0.29, 0.717) is 11.3 Å². The summed E-state index contributed by atoms with van der Waals surface area (Å²) in [4.78, 5) is 35.6. The number of nitrogens with one attached hydrogen (secondary N) is 1. The van der Waals surface area contributed by atoms with Gasteiger partial charge in [0, 0.05) is 29.7 Å². The maximum absolute atomic E-state index is 12.8. The van der Waals surface area contributed by atoms with Gasteiger partial charge in [0.15, 0.2) is 5.78 Å². The Kier molecular flexibility index (Phi) is 5.60. The summed E-state index contributed by atoms with van der Waals surface area (Å²) < 4.78 is 0. The molecule has 0 unspecified atom stereocenters. The lowest BCUT2D eigenvalue weighted by molar-refractivity contribution is -0.384. The van der Waals surface area contributed by atoms with Crippen molar-refractivity contribution in [3.63, 3.8) is 0 Å². The van der Waals surface area contributed by atoms with Crippen molar-refractivity contribution in [3.05, 3.63) is 105 Å². The number of anilines is 1. The minimum Gasteiger partial charge on any atom is -0.321 e. The van der Waals surface area contributed by atoms with E-state index in [-0.39, 0.29) is 23.5 Å². The van der Waals surface area contributed by atoms with Crippen molar-refractivity contribution >= 4 is 23.1 Å². The molecule has 0 aromatic heterocycles. The minimum absolute atomic E-state index is 0.124. The van der Waals surface area contributed by atoms with E-state index in [2.05, 4.69) is 5.32 Å². The number of ketones is 1. The molecule has 0 fully saturated rings. The smallest absolute Gasteiger partial charge is 0.270 e. The summed E-state index contributed by atoms with van der Waals surface area (Å²) >= 11 is 0. The van der Waals surface area contributed by atoms with Gasteiger partial charge in [-0.1, -0.05) is 48.0 Å². The maximum atomic E-state index is 12.8. The fourth-order valence-corrected chi connectivity index (χ4v) is 2.89. The molecular formula is C22H18N2O4. The molecule has 28 heavy (non-hydrogen) atoms. The highest BCUT2D eigenvalue weighted by Crippen LogP contribution is 2.20. The molecule has 0 aliphatic carbocycles. The first-order valence-corrected chi connectivity index (χ1v) is 8.67. The molecule has 6 nitrogen and oxygen atoms in total. The first-order chi connectivity index (χ1) is 13.4. The zero-order chi connectivity index (χ0) is 20.1. The van der Waals surface area contributed by atoms with E-state index in [1.165, 1.54) is 24.3 Å². The Morgan fingerprint density at radius 1 is 0.964 bits per heavy atom. The molecule has 0 heterocycles. The predicted molar refractivity (Wildman–Crippen MR) is 107 cm³/mol. The Labute approximate surface area is 162 Å². The molecule has 0 saturated carbocycles. The lowest BCUT2D eigenvalue weighted by Gasteiger charge is -2.11. The minimum atomic E-state index is -0.559. The second-order valence-corrected chi connectivity index (χ2v) is 6.40. The van der Waals surface area contributed by atoms with Crippen LogP contribution in [0.3, 0.4) is 0 Å². The van der Waals surface area contributed by atoms with Gasteiger partial charge in [0.25, 0.3) is 11.6 Å². The number of rotatable bonds is 6. The monoisotopic (exact) mass is 374 g/mol. The molecule has 3 rings (SSSR count). The summed E-state index contributed by atoms with van der Waals surface area (Å²) in [5.41, 5.74) is 2.70. The topological polar surface area (TPSA) is 89.3 Å². The molecule has 0 spiro atoms. The fourth-order valence-electron chi connectivity index (χ4n) is 2.89. The van der Waals surface area contributed by atoms with Gasteiger partial charge in [-0.25, -0.2) is 0 Å². The average molecular weight is 374 g/mol. The highest BCUT2D eigenvalue weighted by molar-refractivity contribution is 6.10. The molecule has 0 aliphatic heterocycles. The lowest BCUT2D eigenvalue weighted by atomic mass is 10.00. The van der Waals surface area contributed by atoms with Crippen LogP contribution in [0.15, 0.2) is 72.8 Å². The molecular weight excluding hydrogens is 356 g/mol. The summed E-state index contributed by atoms with van der Waals surface area (Å²) in [6.45, 7) is 1.96. The highest BCUT2D eigenvalue weighted by atomic mass is 16.6. The Balaban J connectivity index is 1.82. The van der Waals surface area contributed by atoms with Crippen molar-refractivity contribution in [3.8, 4) is 0 Å². The summed E-state index contributed by atoms with van der Waals surface area (Å²) in [6, 6.07) is 19.9. The number of nitrogens with zero attached hydrogens (tertiary/aromatic N) is 1.